The van der Waals surface area contributed by atoms with Crippen molar-refractivity contribution < 1.29 is 14.6 Å². The van der Waals surface area contributed by atoms with Crippen LogP contribution in [0, 0.1) is 12.3 Å². The maximum atomic E-state index is 11.4. The molecule has 0 aromatic heterocycles. The quantitative estimate of drug-likeness (QED) is 0.779. The first-order valence-corrected chi connectivity index (χ1v) is 9.89. The summed E-state index contributed by atoms with van der Waals surface area (Å²) in [4.78, 5) is 2.55. The molecule has 4 nitrogen and oxygen atoms in total. The number of hydrogen-bond donors (Lipinski definition) is 1. The van der Waals surface area contributed by atoms with Crippen molar-refractivity contribution >= 4 is 0 Å². The summed E-state index contributed by atoms with van der Waals surface area (Å²) >= 11 is 0. The summed E-state index contributed by atoms with van der Waals surface area (Å²) in [6, 6.07) is 16.8. The van der Waals surface area contributed by atoms with E-state index in [4.69, 9.17) is 15.9 Å². The maximum Gasteiger partial charge on any atom is 0.148 e. The highest BCUT2D eigenvalue weighted by atomic mass is 16.5. The van der Waals surface area contributed by atoms with Crippen LogP contribution in [0.25, 0.3) is 0 Å². The van der Waals surface area contributed by atoms with Gasteiger partial charge in [-0.15, -0.1) is 6.42 Å². The normalized spacial score (nSPS) is 26.6. The van der Waals surface area contributed by atoms with Gasteiger partial charge in [0.2, 0.25) is 0 Å². The highest BCUT2D eigenvalue weighted by Gasteiger charge is 2.48. The number of aliphatic hydroxyl groups is 1. The number of piperidine rings is 1. The Morgan fingerprint density at radius 3 is 2.46 bits per heavy atom. The Kier molecular flexibility index (Phi) is 5.30. The van der Waals surface area contributed by atoms with Gasteiger partial charge in [-0.1, -0.05) is 30.2 Å². The first-order valence-electron chi connectivity index (χ1n) is 9.89. The fourth-order valence-corrected chi connectivity index (χ4v) is 4.78. The van der Waals surface area contributed by atoms with Crippen molar-refractivity contribution in [3.8, 4) is 23.8 Å². The van der Waals surface area contributed by atoms with Gasteiger partial charge in [0.15, 0.2) is 0 Å². The summed E-state index contributed by atoms with van der Waals surface area (Å²) in [5, 5.41) is 11.4. The van der Waals surface area contributed by atoms with Crippen LogP contribution in [0.1, 0.15) is 36.8 Å². The van der Waals surface area contributed by atoms with Gasteiger partial charge in [0.25, 0.3) is 0 Å². The fraction of sp³-hybridized carbons (Fsp3) is 0.417. The Bertz CT molecular complexity index is 841. The smallest absolute Gasteiger partial charge is 0.148 e. The van der Waals surface area contributed by atoms with E-state index >= 15 is 0 Å². The number of hydrogen-bond acceptors (Lipinski definition) is 4. The largest absolute Gasteiger partial charge is 0.497 e. The van der Waals surface area contributed by atoms with Crippen LogP contribution in [0.4, 0.5) is 0 Å². The molecule has 4 rings (SSSR count). The predicted molar refractivity (Wildman–Crippen MR) is 109 cm³/mol. The molecule has 2 saturated heterocycles. The van der Waals surface area contributed by atoms with Crippen molar-refractivity contribution in [1.29, 1.82) is 0 Å². The number of fused-ring (bicyclic) bond motifs is 2. The summed E-state index contributed by atoms with van der Waals surface area (Å²) in [7, 11) is 1.66. The molecule has 1 N–H and O–H groups in total. The molecule has 0 aliphatic carbocycles. The predicted octanol–water partition coefficient (Wildman–Crippen LogP) is 3.72. The molecule has 0 saturated carbocycles. The Balaban J connectivity index is 1.47. The molecule has 2 bridgehead atoms. The van der Waals surface area contributed by atoms with E-state index in [0.29, 0.717) is 12.1 Å². The minimum atomic E-state index is -0.758. The molecule has 4 heteroatoms. The van der Waals surface area contributed by atoms with Crippen molar-refractivity contribution in [2.45, 2.75) is 49.9 Å². The first-order chi connectivity index (χ1) is 13.6. The molecule has 0 amide bonds. The van der Waals surface area contributed by atoms with Crippen molar-refractivity contribution in [1.82, 2.24) is 4.90 Å². The standard InChI is InChI=1S/C24H27NO3/c1-3-13-28-23-6-4-5-18(14-23)17-25-20-9-10-21(25)16-24(26,15-20)19-7-11-22(27-2)12-8-19/h1,4-8,11-12,14,20-21,26H,9-10,13,15-17H2,2H3/t20-,21-/m1/s1. The third-order valence-corrected chi connectivity index (χ3v) is 6.13. The van der Waals surface area contributed by atoms with E-state index in [-0.39, 0.29) is 6.61 Å². The lowest BCUT2D eigenvalue weighted by Crippen LogP contribution is -2.49. The molecule has 2 aliphatic rings. The van der Waals surface area contributed by atoms with Crippen molar-refractivity contribution in [2.75, 3.05) is 13.7 Å². The molecule has 2 aromatic carbocycles. The molecule has 28 heavy (non-hydrogen) atoms. The monoisotopic (exact) mass is 377 g/mol. The Morgan fingerprint density at radius 2 is 1.82 bits per heavy atom. The van der Waals surface area contributed by atoms with Crippen molar-refractivity contribution in [3.05, 3.63) is 59.7 Å². The molecule has 0 unspecified atom stereocenters. The van der Waals surface area contributed by atoms with Gasteiger partial charge in [-0.2, -0.15) is 0 Å². The van der Waals surface area contributed by atoms with Gasteiger partial charge in [0, 0.05) is 18.6 Å². The van der Waals surface area contributed by atoms with Crippen LogP contribution in [-0.4, -0.2) is 35.8 Å². The van der Waals surface area contributed by atoms with E-state index in [1.165, 1.54) is 5.56 Å². The van der Waals surface area contributed by atoms with E-state index in [1.54, 1.807) is 7.11 Å². The minimum absolute atomic E-state index is 0.285. The number of rotatable bonds is 6. The van der Waals surface area contributed by atoms with E-state index in [9.17, 15) is 5.11 Å². The minimum Gasteiger partial charge on any atom is -0.497 e. The van der Waals surface area contributed by atoms with Crippen LogP contribution < -0.4 is 9.47 Å². The van der Waals surface area contributed by atoms with Crippen LogP contribution in [0.5, 0.6) is 11.5 Å². The Morgan fingerprint density at radius 1 is 1.11 bits per heavy atom. The van der Waals surface area contributed by atoms with Gasteiger partial charge in [-0.05, 0) is 61.1 Å². The molecule has 2 fully saturated rings. The van der Waals surface area contributed by atoms with Crippen LogP contribution in [0.15, 0.2) is 48.5 Å². The van der Waals surface area contributed by atoms with Crippen LogP contribution in [0.2, 0.25) is 0 Å². The van der Waals surface area contributed by atoms with E-state index in [1.807, 2.05) is 36.4 Å². The van der Waals surface area contributed by atoms with E-state index in [2.05, 4.69) is 23.0 Å². The second-order valence-electron chi connectivity index (χ2n) is 7.87. The SMILES string of the molecule is C#CCOc1cccc(CN2[C@@H]3CC[C@@H]2CC(O)(c2ccc(OC)cc2)C3)c1. The molecule has 2 aromatic rings. The zero-order valence-electron chi connectivity index (χ0n) is 16.3. The highest BCUT2D eigenvalue weighted by Crippen LogP contribution is 2.46. The average molecular weight is 377 g/mol. The van der Waals surface area contributed by atoms with Gasteiger partial charge in [0.05, 0.1) is 12.7 Å². The molecule has 0 spiro atoms. The van der Waals surface area contributed by atoms with Crippen LogP contribution >= 0.6 is 0 Å². The van der Waals surface area contributed by atoms with Crippen LogP contribution in [-0.2, 0) is 12.1 Å². The summed E-state index contributed by atoms with van der Waals surface area (Å²) in [5.41, 5.74) is 1.46. The van der Waals surface area contributed by atoms with Crippen molar-refractivity contribution in [2.24, 2.45) is 0 Å². The zero-order valence-corrected chi connectivity index (χ0v) is 16.3. The third kappa shape index (κ3) is 3.73. The molecule has 2 heterocycles. The lowest BCUT2D eigenvalue weighted by molar-refractivity contribution is -0.0595. The molecule has 2 aliphatic heterocycles. The van der Waals surface area contributed by atoms with Gasteiger partial charge in [0.1, 0.15) is 18.1 Å². The number of benzene rings is 2. The molecule has 146 valence electrons. The highest BCUT2D eigenvalue weighted by molar-refractivity contribution is 5.33. The summed E-state index contributed by atoms with van der Waals surface area (Å²) in [6.45, 7) is 1.16. The summed E-state index contributed by atoms with van der Waals surface area (Å²) < 4.78 is 10.8. The van der Waals surface area contributed by atoms with E-state index < -0.39 is 5.60 Å². The van der Waals surface area contributed by atoms with Crippen LogP contribution in [0.3, 0.4) is 0 Å². The lowest BCUT2D eigenvalue weighted by atomic mass is 9.80. The summed E-state index contributed by atoms with van der Waals surface area (Å²) in [6.07, 6.45) is 9.09. The van der Waals surface area contributed by atoms with Gasteiger partial charge >= 0.3 is 0 Å². The third-order valence-electron chi connectivity index (χ3n) is 6.13. The van der Waals surface area contributed by atoms with Gasteiger partial charge < -0.3 is 14.6 Å². The lowest BCUT2D eigenvalue weighted by Gasteiger charge is -2.44. The number of methoxy groups -OCH3 is 1. The number of nitrogens with zero attached hydrogens (tertiary/aromatic N) is 1. The second kappa shape index (κ2) is 7.87. The van der Waals surface area contributed by atoms with Gasteiger partial charge in [-0.3, -0.25) is 4.90 Å². The van der Waals surface area contributed by atoms with E-state index in [0.717, 1.165) is 49.3 Å². The summed E-state index contributed by atoms with van der Waals surface area (Å²) in [5.74, 6) is 4.14. The van der Waals surface area contributed by atoms with Crippen molar-refractivity contribution in [3.63, 3.8) is 0 Å². The Hall–Kier alpha value is -2.48. The fourth-order valence-electron chi connectivity index (χ4n) is 4.78. The molecule has 0 radical (unpaired) electrons. The zero-order chi connectivity index (χ0) is 19.6. The Labute approximate surface area is 167 Å². The second-order valence-corrected chi connectivity index (χ2v) is 7.87. The molecular weight excluding hydrogens is 350 g/mol. The maximum absolute atomic E-state index is 11.4. The average Bonchev–Trinajstić information content (AvgIpc) is 2.96. The molecule has 2 atom stereocenters. The molecular formula is C24H27NO3. The van der Waals surface area contributed by atoms with Gasteiger partial charge in [-0.25, -0.2) is 0 Å². The number of ether oxygens (including phenoxy) is 2. The first kappa shape index (κ1) is 18.9. The topological polar surface area (TPSA) is 41.9 Å². The number of terminal acetylenes is 1.